The Kier molecular flexibility index (Phi) is 6.52. The van der Waals surface area contributed by atoms with Gasteiger partial charge in [0.15, 0.2) is 0 Å². The number of carbonyl (C=O) groups excluding carboxylic acids is 1. The van der Waals surface area contributed by atoms with E-state index >= 15 is 0 Å². The molecule has 3 aromatic rings. The second kappa shape index (κ2) is 9.48. The highest BCUT2D eigenvalue weighted by Gasteiger charge is 2.16. The minimum atomic E-state index is -0.0881. The van der Waals surface area contributed by atoms with Crippen molar-refractivity contribution in [2.45, 2.75) is 19.9 Å². The van der Waals surface area contributed by atoms with Gasteiger partial charge in [-0.1, -0.05) is 60.7 Å². The van der Waals surface area contributed by atoms with E-state index in [2.05, 4.69) is 27.4 Å². The number of carbonyl (C=O) groups is 1. The van der Waals surface area contributed by atoms with Gasteiger partial charge in [-0.3, -0.25) is 4.79 Å². The van der Waals surface area contributed by atoms with Crippen molar-refractivity contribution in [3.63, 3.8) is 0 Å². The van der Waals surface area contributed by atoms with Crippen LogP contribution in [0.15, 0.2) is 73.1 Å². The fourth-order valence-electron chi connectivity index (χ4n) is 2.84. The SMILES string of the molecule is CCN(Cc1ccccc1)C(=O)c1cc(NCCc2ccccc2)ncn1. The van der Waals surface area contributed by atoms with E-state index in [1.807, 2.05) is 55.5 Å². The van der Waals surface area contributed by atoms with Gasteiger partial charge < -0.3 is 10.2 Å². The molecule has 2 aromatic carbocycles. The molecule has 1 N–H and O–H groups in total. The van der Waals surface area contributed by atoms with Crippen molar-refractivity contribution >= 4 is 11.7 Å². The molecule has 0 radical (unpaired) electrons. The fourth-order valence-corrected chi connectivity index (χ4v) is 2.84. The molecular weight excluding hydrogens is 336 g/mol. The molecule has 1 heterocycles. The van der Waals surface area contributed by atoms with Gasteiger partial charge in [0.1, 0.15) is 17.8 Å². The molecule has 0 unspecified atom stereocenters. The number of nitrogens with one attached hydrogen (secondary N) is 1. The van der Waals surface area contributed by atoms with Gasteiger partial charge in [-0.25, -0.2) is 9.97 Å². The number of aromatic nitrogens is 2. The van der Waals surface area contributed by atoms with Crippen LogP contribution in [-0.2, 0) is 13.0 Å². The quantitative estimate of drug-likeness (QED) is 0.664. The third kappa shape index (κ3) is 5.38. The summed E-state index contributed by atoms with van der Waals surface area (Å²) in [6, 6.07) is 22.0. The molecule has 27 heavy (non-hydrogen) atoms. The summed E-state index contributed by atoms with van der Waals surface area (Å²) in [4.78, 5) is 23.0. The lowest BCUT2D eigenvalue weighted by Crippen LogP contribution is -2.31. The highest BCUT2D eigenvalue weighted by molar-refractivity contribution is 5.92. The number of anilines is 1. The molecule has 5 heteroatoms. The monoisotopic (exact) mass is 360 g/mol. The average Bonchev–Trinajstić information content (AvgIpc) is 2.73. The Bertz CT molecular complexity index is 852. The maximum absolute atomic E-state index is 12.8. The zero-order valence-electron chi connectivity index (χ0n) is 15.5. The van der Waals surface area contributed by atoms with E-state index in [0.717, 1.165) is 18.5 Å². The Labute approximate surface area is 160 Å². The predicted molar refractivity (Wildman–Crippen MR) is 108 cm³/mol. The largest absolute Gasteiger partial charge is 0.370 e. The van der Waals surface area contributed by atoms with Crippen LogP contribution < -0.4 is 5.32 Å². The molecule has 0 aliphatic rings. The smallest absolute Gasteiger partial charge is 0.272 e. The average molecular weight is 360 g/mol. The first-order valence-corrected chi connectivity index (χ1v) is 9.19. The predicted octanol–water partition coefficient (Wildman–Crippen LogP) is 3.79. The van der Waals surface area contributed by atoms with E-state index in [0.29, 0.717) is 24.6 Å². The van der Waals surface area contributed by atoms with Crippen molar-refractivity contribution in [2.24, 2.45) is 0 Å². The van der Waals surface area contributed by atoms with Crippen LogP contribution >= 0.6 is 0 Å². The summed E-state index contributed by atoms with van der Waals surface area (Å²) in [5, 5.41) is 3.27. The molecule has 0 aliphatic carbocycles. The van der Waals surface area contributed by atoms with Crippen molar-refractivity contribution in [3.8, 4) is 0 Å². The summed E-state index contributed by atoms with van der Waals surface area (Å²) in [7, 11) is 0. The van der Waals surface area contributed by atoms with Gasteiger partial charge in [-0.05, 0) is 24.5 Å². The molecule has 0 saturated carbocycles. The minimum absolute atomic E-state index is 0.0881. The van der Waals surface area contributed by atoms with Gasteiger partial charge >= 0.3 is 0 Å². The highest BCUT2D eigenvalue weighted by atomic mass is 16.2. The van der Waals surface area contributed by atoms with Crippen LogP contribution in [0.3, 0.4) is 0 Å². The first kappa shape index (κ1) is 18.6. The van der Waals surface area contributed by atoms with Crippen molar-refractivity contribution in [3.05, 3.63) is 89.9 Å². The maximum Gasteiger partial charge on any atom is 0.272 e. The lowest BCUT2D eigenvalue weighted by atomic mass is 10.1. The normalized spacial score (nSPS) is 10.4. The van der Waals surface area contributed by atoms with E-state index < -0.39 is 0 Å². The highest BCUT2D eigenvalue weighted by Crippen LogP contribution is 2.11. The van der Waals surface area contributed by atoms with Crippen LogP contribution in [0.1, 0.15) is 28.5 Å². The van der Waals surface area contributed by atoms with Crippen LogP contribution in [0, 0.1) is 0 Å². The summed E-state index contributed by atoms with van der Waals surface area (Å²) in [5.74, 6) is 0.579. The standard InChI is InChI=1S/C22H24N4O/c1-2-26(16-19-11-7-4-8-12-19)22(27)20-15-21(25-17-24-20)23-14-13-18-9-5-3-6-10-18/h3-12,15,17H,2,13-14,16H2,1H3,(H,23,24,25). The first-order chi connectivity index (χ1) is 13.3. The van der Waals surface area contributed by atoms with Crippen LogP contribution in [-0.4, -0.2) is 33.9 Å². The number of benzene rings is 2. The fraction of sp³-hybridized carbons (Fsp3) is 0.227. The lowest BCUT2D eigenvalue weighted by Gasteiger charge is -2.20. The van der Waals surface area contributed by atoms with Gasteiger partial charge in [0.2, 0.25) is 0 Å². The molecule has 0 bridgehead atoms. The van der Waals surface area contributed by atoms with Gasteiger partial charge in [0.05, 0.1) is 0 Å². The summed E-state index contributed by atoms with van der Waals surface area (Å²) in [6.07, 6.45) is 2.33. The van der Waals surface area contributed by atoms with Gasteiger partial charge in [-0.2, -0.15) is 0 Å². The van der Waals surface area contributed by atoms with Gasteiger partial charge in [-0.15, -0.1) is 0 Å². The number of hydrogen-bond acceptors (Lipinski definition) is 4. The van der Waals surface area contributed by atoms with Crippen LogP contribution in [0.5, 0.6) is 0 Å². The molecule has 0 spiro atoms. The molecule has 3 rings (SSSR count). The van der Waals surface area contributed by atoms with E-state index in [1.165, 1.54) is 11.9 Å². The Morgan fingerprint density at radius 1 is 0.963 bits per heavy atom. The molecule has 1 aromatic heterocycles. The van der Waals surface area contributed by atoms with Crippen molar-refractivity contribution in [1.29, 1.82) is 0 Å². The Hall–Kier alpha value is -3.21. The van der Waals surface area contributed by atoms with Crippen LogP contribution in [0.2, 0.25) is 0 Å². The molecule has 0 saturated heterocycles. The second-order valence-corrected chi connectivity index (χ2v) is 6.26. The molecule has 0 atom stereocenters. The maximum atomic E-state index is 12.8. The number of amides is 1. The third-order valence-corrected chi connectivity index (χ3v) is 4.33. The number of rotatable bonds is 8. The first-order valence-electron chi connectivity index (χ1n) is 9.19. The second-order valence-electron chi connectivity index (χ2n) is 6.26. The molecular formula is C22H24N4O. The number of hydrogen-bond donors (Lipinski definition) is 1. The number of nitrogens with zero attached hydrogens (tertiary/aromatic N) is 3. The molecule has 138 valence electrons. The third-order valence-electron chi connectivity index (χ3n) is 4.33. The van der Waals surface area contributed by atoms with Gasteiger partial charge in [0, 0.05) is 25.7 Å². The summed E-state index contributed by atoms with van der Waals surface area (Å²) in [5.41, 5.74) is 2.77. The van der Waals surface area contributed by atoms with Crippen molar-refractivity contribution < 1.29 is 4.79 Å². The van der Waals surface area contributed by atoms with Crippen molar-refractivity contribution in [2.75, 3.05) is 18.4 Å². The minimum Gasteiger partial charge on any atom is -0.370 e. The molecule has 0 aliphatic heterocycles. The van der Waals surface area contributed by atoms with Crippen LogP contribution in [0.25, 0.3) is 0 Å². The van der Waals surface area contributed by atoms with E-state index in [4.69, 9.17) is 0 Å². The van der Waals surface area contributed by atoms with Crippen LogP contribution in [0.4, 0.5) is 5.82 Å². The molecule has 0 fully saturated rings. The Balaban J connectivity index is 1.62. The lowest BCUT2D eigenvalue weighted by molar-refractivity contribution is 0.0746. The molecule has 1 amide bonds. The molecule has 5 nitrogen and oxygen atoms in total. The zero-order valence-corrected chi connectivity index (χ0v) is 15.5. The van der Waals surface area contributed by atoms with E-state index in [-0.39, 0.29) is 5.91 Å². The van der Waals surface area contributed by atoms with Crippen molar-refractivity contribution in [1.82, 2.24) is 14.9 Å². The topological polar surface area (TPSA) is 58.1 Å². The Morgan fingerprint density at radius 3 is 2.30 bits per heavy atom. The summed E-state index contributed by atoms with van der Waals surface area (Å²) < 4.78 is 0. The zero-order chi connectivity index (χ0) is 18.9. The summed E-state index contributed by atoms with van der Waals surface area (Å²) >= 11 is 0. The Morgan fingerprint density at radius 2 is 1.63 bits per heavy atom. The van der Waals surface area contributed by atoms with Gasteiger partial charge in [0.25, 0.3) is 5.91 Å². The van der Waals surface area contributed by atoms with E-state index in [9.17, 15) is 4.79 Å². The summed E-state index contributed by atoms with van der Waals surface area (Å²) in [6.45, 7) is 3.91. The van der Waals surface area contributed by atoms with E-state index in [1.54, 1.807) is 11.0 Å².